The van der Waals surface area contributed by atoms with Crippen LogP contribution in [0.4, 0.5) is 4.39 Å². The minimum Gasteiger partial charge on any atom is -0.454 e. The molecule has 0 fully saturated rings. The minimum atomic E-state index is -0.392. The zero-order valence-electron chi connectivity index (χ0n) is 11.5. The van der Waals surface area contributed by atoms with Crippen molar-refractivity contribution in [3.63, 3.8) is 0 Å². The number of nitrogens with two attached hydrogens (primary N) is 1. The van der Waals surface area contributed by atoms with Gasteiger partial charge in [-0.25, -0.2) is 4.39 Å². The topological polar surface area (TPSA) is 35.2 Å². The molecule has 1 atom stereocenters. The van der Waals surface area contributed by atoms with Gasteiger partial charge in [-0.15, -0.1) is 0 Å². The van der Waals surface area contributed by atoms with Gasteiger partial charge in [-0.05, 0) is 55.7 Å². The molecular weight excluding hydrogens is 321 g/mol. The molecule has 106 valence electrons. The summed E-state index contributed by atoms with van der Waals surface area (Å²) in [6, 6.07) is 10.7. The lowest BCUT2D eigenvalue weighted by Crippen LogP contribution is -2.17. The first-order valence-electron chi connectivity index (χ1n) is 6.43. The molecule has 0 radical (unpaired) electrons. The molecule has 0 saturated heterocycles. The number of ether oxygens (including phenoxy) is 1. The van der Waals surface area contributed by atoms with Crippen molar-refractivity contribution in [1.29, 1.82) is 0 Å². The fourth-order valence-corrected chi connectivity index (χ4v) is 2.26. The maximum absolute atomic E-state index is 13.8. The molecule has 0 spiro atoms. The Hall–Kier alpha value is -1.39. The van der Waals surface area contributed by atoms with E-state index >= 15 is 0 Å². The molecule has 2 aromatic rings. The summed E-state index contributed by atoms with van der Waals surface area (Å²) < 4.78 is 20.2. The summed E-state index contributed by atoms with van der Waals surface area (Å²) in [6.45, 7) is 3.89. The first-order chi connectivity index (χ1) is 9.45. The van der Waals surface area contributed by atoms with Gasteiger partial charge in [0.15, 0.2) is 11.6 Å². The third-order valence-electron chi connectivity index (χ3n) is 2.92. The standard InChI is InChI=1S/C16H17BrFNO/c1-10-3-4-12(7-11(2)19)8-16(10)20-15-6-5-13(17)9-14(15)18/h3-6,8-9,11H,7,19H2,1-2H3. The summed E-state index contributed by atoms with van der Waals surface area (Å²) >= 11 is 3.23. The summed E-state index contributed by atoms with van der Waals surface area (Å²) in [4.78, 5) is 0. The Balaban J connectivity index is 2.27. The fraction of sp³-hybridized carbons (Fsp3) is 0.250. The Labute approximate surface area is 126 Å². The molecule has 0 heterocycles. The lowest BCUT2D eigenvalue weighted by Gasteiger charge is -2.12. The van der Waals surface area contributed by atoms with Crippen LogP contribution in [0.5, 0.6) is 11.5 Å². The Bertz CT molecular complexity index is 613. The van der Waals surface area contributed by atoms with E-state index in [9.17, 15) is 4.39 Å². The van der Waals surface area contributed by atoms with E-state index in [0.29, 0.717) is 10.2 Å². The highest BCUT2D eigenvalue weighted by Gasteiger charge is 2.09. The van der Waals surface area contributed by atoms with E-state index in [1.807, 2.05) is 32.0 Å². The molecule has 0 aliphatic rings. The van der Waals surface area contributed by atoms with Crippen LogP contribution in [0.1, 0.15) is 18.1 Å². The number of hydrogen-bond acceptors (Lipinski definition) is 2. The number of benzene rings is 2. The Morgan fingerprint density at radius 2 is 1.95 bits per heavy atom. The predicted molar refractivity (Wildman–Crippen MR) is 82.7 cm³/mol. The summed E-state index contributed by atoms with van der Waals surface area (Å²) in [5.74, 6) is 0.481. The summed E-state index contributed by atoms with van der Waals surface area (Å²) in [7, 11) is 0. The highest BCUT2D eigenvalue weighted by atomic mass is 79.9. The molecule has 1 unspecified atom stereocenters. The van der Waals surface area contributed by atoms with Crippen LogP contribution in [0, 0.1) is 12.7 Å². The zero-order valence-corrected chi connectivity index (χ0v) is 13.1. The molecule has 0 aliphatic heterocycles. The first kappa shape index (κ1) is 15.0. The molecule has 2 rings (SSSR count). The van der Waals surface area contributed by atoms with Crippen LogP contribution in [-0.4, -0.2) is 6.04 Å². The molecule has 0 aromatic heterocycles. The van der Waals surface area contributed by atoms with Crippen molar-refractivity contribution in [2.24, 2.45) is 5.73 Å². The normalized spacial score (nSPS) is 12.2. The summed E-state index contributed by atoms with van der Waals surface area (Å²) in [6.07, 6.45) is 0.763. The van der Waals surface area contributed by atoms with E-state index < -0.39 is 5.82 Å². The molecule has 0 amide bonds. The van der Waals surface area contributed by atoms with Crippen LogP contribution >= 0.6 is 15.9 Å². The van der Waals surface area contributed by atoms with Gasteiger partial charge in [-0.2, -0.15) is 0 Å². The van der Waals surface area contributed by atoms with E-state index in [-0.39, 0.29) is 11.8 Å². The zero-order chi connectivity index (χ0) is 14.7. The third-order valence-corrected chi connectivity index (χ3v) is 3.42. The average Bonchev–Trinajstić information content (AvgIpc) is 2.36. The lowest BCUT2D eigenvalue weighted by atomic mass is 10.1. The second-order valence-electron chi connectivity index (χ2n) is 4.96. The summed E-state index contributed by atoms with van der Waals surface area (Å²) in [5, 5.41) is 0. The van der Waals surface area contributed by atoms with Gasteiger partial charge in [0.05, 0.1) is 0 Å². The van der Waals surface area contributed by atoms with Crippen molar-refractivity contribution in [1.82, 2.24) is 0 Å². The molecular formula is C16H17BrFNO. The Kier molecular flexibility index (Phi) is 4.78. The average molecular weight is 338 g/mol. The van der Waals surface area contributed by atoms with Gasteiger partial charge in [0, 0.05) is 10.5 Å². The van der Waals surface area contributed by atoms with Crippen molar-refractivity contribution < 1.29 is 9.13 Å². The van der Waals surface area contributed by atoms with E-state index in [2.05, 4.69) is 15.9 Å². The lowest BCUT2D eigenvalue weighted by molar-refractivity contribution is 0.438. The van der Waals surface area contributed by atoms with E-state index in [1.54, 1.807) is 12.1 Å². The molecule has 2 aromatic carbocycles. The van der Waals surface area contributed by atoms with Crippen molar-refractivity contribution in [3.05, 3.63) is 57.8 Å². The monoisotopic (exact) mass is 337 g/mol. The highest BCUT2D eigenvalue weighted by Crippen LogP contribution is 2.29. The molecule has 0 saturated carbocycles. The first-order valence-corrected chi connectivity index (χ1v) is 7.23. The number of halogens is 2. The van der Waals surface area contributed by atoms with Gasteiger partial charge in [0.25, 0.3) is 0 Å². The number of rotatable bonds is 4. The van der Waals surface area contributed by atoms with Gasteiger partial charge in [-0.1, -0.05) is 28.1 Å². The van der Waals surface area contributed by atoms with Crippen molar-refractivity contribution in [3.8, 4) is 11.5 Å². The fourth-order valence-electron chi connectivity index (χ4n) is 1.93. The molecule has 20 heavy (non-hydrogen) atoms. The van der Waals surface area contributed by atoms with E-state index in [4.69, 9.17) is 10.5 Å². The van der Waals surface area contributed by atoms with Crippen LogP contribution in [-0.2, 0) is 6.42 Å². The van der Waals surface area contributed by atoms with Crippen LogP contribution in [0.25, 0.3) is 0 Å². The smallest absolute Gasteiger partial charge is 0.166 e. The van der Waals surface area contributed by atoms with Gasteiger partial charge >= 0.3 is 0 Å². The van der Waals surface area contributed by atoms with Crippen LogP contribution < -0.4 is 10.5 Å². The Morgan fingerprint density at radius 3 is 2.60 bits per heavy atom. The SMILES string of the molecule is Cc1ccc(CC(C)N)cc1Oc1ccc(Br)cc1F. The largest absolute Gasteiger partial charge is 0.454 e. The summed E-state index contributed by atoms with van der Waals surface area (Å²) in [5.41, 5.74) is 7.84. The second-order valence-corrected chi connectivity index (χ2v) is 5.87. The number of aryl methyl sites for hydroxylation is 1. The molecule has 2 N–H and O–H groups in total. The molecule has 2 nitrogen and oxygen atoms in total. The van der Waals surface area contributed by atoms with Crippen molar-refractivity contribution in [2.45, 2.75) is 26.3 Å². The van der Waals surface area contributed by atoms with E-state index in [1.165, 1.54) is 6.07 Å². The number of hydrogen-bond donors (Lipinski definition) is 1. The molecule has 0 bridgehead atoms. The highest BCUT2D eigenvalue weighted by molar-refractivity contribution is 9.10. The van der Waals surface area contributed by atoms with Gasteiger partial charge < -0.3 is 10.5 Å². The van der Waals surface area contributed by atoms with Crippen molar-refractivity contribution in [2.75, 3.05) is 0 Å². The molecule has 4 heteroatoms. The van der Waals surface area contributed by atoms with Crippen LogP contribution in [0.2, 0.25) is 0 Å². The van der Waals surface area contributed by atoms with Crippen LogP contribution in [0.15, 0.2) is 40.9 Å². The minimum absolute atomic E-state index is 0.0787. The predicted octanol–water partition coefficient (Wildman–Crippen LogP) is 4.58. The van der Waals surface area contributed by atoms with Gasteiger partial charge in [-0.3, -0.25) is 0 Å². The quantitative estimate of drug-likeness (QED) is 0.886. The maximum Gasteiger partial charge on any atom is 0.166 e. The molecule has 0 aliphatic carbocycles. The van der Waals surface area contributed by atoms with Gasteiger partial charge in [0.2, 0.25) is 0 Å². The van der Waals surface area contributed by atoms with Gasteiger partial charge in [0.1, 0.15) is 5.75 Å². The third kappa shape index (κ3) is 3.81. The second kappa shape index (κ2) is 6.37. The van der Waals surface area contributed by atoms with Crippen LogP contribution in [0.3, 0.4) is 0 Å². The van der Waals surface area contributed by atoms with E-state index in [0.717, 1.165) is 17.5 Å². The van der Waals surface area contributed by atoms with Crippen molar-refractivity contribution >= 4 is 15.9 Å². The maximum atomic E-state index is 13.8. The Morgan fingerprint density at radius 1 is 1.20 bits per heavy atom.